The molecule has 5 nitrogen and oxygen atoms in total. The lowest BCUT2D eigenvalue weighted by molar-refractivity contribution is 0.0690. The summed E-state index contributed by atoms with van der Waals surface area (Å²) in [7, 11) is 0. The molecule has 2 heterocycles. The van der Waals surface area contributed by atoms with Crippen LogP contribution in [0.2, 0.25) is 0 Å². The van der Waals surface area contributed by atoms with Crippen LogP contribution in [0, 0.1) is 0 Å². The van der Waals surface area contributed by atoms with E-state index >= 15 is 0 Å². The number of nitrogens with zero attached hydrogens (tertiary/aromatic N) is 3. The first kappa shape index (κ1) is 11.4. The zero-order valence-corrected chi connectivity index (χ0v) is 10.3. The third-order valence-electron chi connectivity index (χ3n) is 3.59. The molecule has 0 amide bonds. The Morgan fingerprint density at radius 3 is 2.56 bits per heavy atom. The van der Waals surface area contributed by atoms with Crippen molar-refractivity contribution in [1.29, 1.82) is 0 Å². The minimum atomic E-state index is -0.961. The lowest BCUT2D eigenvalue weighted by atomic mass is 10.1. The van der Waals surface area contributed by atoms with Gasteiger partial charge in [0.2, 0.25) is 5.95 Å². The minimum Gasteiger partial charge on any atom is -0.477 e. The monoisotopic (exact) mass is 247 g/mol. The molecule has 5 heteroatoms. The van der Waals surface area contributed by atoms with Crippen LogP contribution in [0.15, 0.2) is 6.07 Å². The number of carboxylic acids is 1. The number of aromatic carboxylic acids is 1. The van der Waals surface area contributed by atoms with E-state index in [0.717, 1.165) is 44.5 Å². The van der Waals surface area contributed by atoms with Crippen molar-refractivity contribution in [2.75, 3.05) is 18.0 Å². The first-order chi connectivity index (χ1) is 8.74. The molecule has 1 N–H and O–H groups in total. The van der Waals surface area contributed by atoms with E-state index in [1.165, 1.54) is 6.42 Å². The minimum absolute atomic E-state index is 0.132. The molecule has 0 unspecified atom stereocenters. The van der Waals surface area contributed by atoms with Gasteiger partial charge in [0.15, 0.2) is 5.69 Å². The number of piperidine rings is 1. The molecule has 0 radical (unpaired) electrons. The highest BCUT2D eigenvalue weighted by molar-refractivity contribution is 5.85. The smallest absolute Gasteiger partial charge is 0.354 e. The molecule has 2 fully saturated rings. The van der Waals surface area contributed by atoms with Crippen molar-refractivity contribution < 1.29 is 9.90 Å². The number of hydrogen-bond donors (Lipinski definition) is 1. The molecule has 3 rings (SSSR count). The summed E-state index contributed by atoms with van der Waals surface area (Å²) >= 11 is 0. The molecule has 1 aliphatic heterocycles. The van der Waals surface area contributed by atoms with Gasteiger partial charge in [-0.3, -0.25) is 0 Å². The number of rotatable bonds is 3. The molecule has 1 aromatic rings. The standard InChI is InChI=1S/C13H17N3O2/c17-12(18)11-8-10(9-4-5-9)14-13(15-11)16-6-2-1-3-7-16/h8-9H,1-7H2,(H,17,18). The number of anilines is 1. The highest BCUT2D eigenvalue weighted by atomic mass is 16.4. The third-order valence-corrected chi connectivity index (χ3v) is 3.59. The van der Waals surface area contributed by atoms with Crippen molar-refractivity contribution in [2.45, 2.75) is 38.0 Å². The lowest BCUT2D eigenvalue weighted by Crippen LogP contribution is -2.31. The van der Waals surface area contributed by atoms with Gasteiger partial charge in [0.25, 0.3) is 0 Å². The van der Waals surface area contributed by atoms with Gasteiger partial charge in [-0.15, -0.1) is 0 Å². The maximum absolute atomic E-state index is 11.1. The van der Waals surface area contributed by atoms with Crippen LogP contribution in [0.3, 0.4) is 0 Å². The van der Waals surface area contributed by atoms with Gasteiger partial charge < -0.3 is 10.0 Å². The quantitative estimate of drug-likeness (QED) is 0.885. The van der Waals surface area contributed by atoms with E-state index in [9.17, 15) is 4.79 Å². The summed E-state index contributed by atoms with van der Waals surface area (Å²) in [5.41, 5.74) is 1.04. The fourth-order valence-electron chi connectivity index (χ4n) is 2.39. The predicted octanol–water partition coefficient (Wildman–Crippen LogP) is 2.04. The van der Waals surface area contributed by atoms with Gasteiger partial charge in [0, 0.05) is 24.7 Å². The Bertz CT molecular complexity index is 465. The second kappa shape index (κ2) is 4.55. The van der Waals surface area contributed by atoms with Crippen molar-refractivity contribution in [1.82, 2.24) is 9.97 Å². The zero-order valence-electron chi connectivity index (χ0n) is 10.3. The molecule has 1 aliphatic carbocycles. The highest BCUT2D eigenvalue weighted by Gasteiger charge is 2.28. The van der Waals surface area contributed by atoms with Crippen LogP contribution in [-0.2, 0) is 0 Å². The third kappa shape index (κ3) is 2.30. The molecule has 0 aromatic carbocycles. The Morgan fingerprint density at radius 2 is 1.94 bits per heavy atom. The lowest BCUT2D eigenvalue weighted by Gasteiger charge is -2.27. The predicted molar refractivity (Wildman–Crippen MR) is 67.0 cm³/mol. The van der Waals surface area contributed by atoms with E-state index in [4.69, 9.17) is 5.11 Å². The molecule has 0 atom stereocenters. The summed E-state index contributed by atoms with van der Waals surface area (Å²) in [6, 6.07) is 1.63. The van der Waals surface area contributed by atoms with E-state index in [0.29, 0.717) is 11.9 Å². The maximum Gasteiger partial charge on any atom is 0.354 e. The van der Waals surface area contributed by atoms with Crippen molar-refractivity contribution >= 4 is 11.9 Å². The summed E-state index contributed by atoms with van der Waals surface area (Å²) in [4.78, 5) is 22.0. The first-order valence-corrected chi connectivity index (χ1v) is 6.61. The summed E-state index contributed by atoms with van der Waals surface area (Å²) in [6.07, 6.45) is 5.76. The molecule has 0 spiro atoms. The van der Waals surface area contributed by atoms with Gasteiger partial charge in [-0.1, -0.05) is 0 Å². The van der Waals surface area contributed by atoms with Gasteiger partial charge >= 0.3 is 5.97 Å². The van der Waals surface area contributed by atoms with Gasteiger partial charge in [-0.25, -0.2) is 14.8 Å². The summed E-state index contributed by atoms with van der Waals surface area (Å²) in [5.74, 6) is 0.101. The molecule has 0 bridgehead atoms. The van der Waals surface area contributed by atoms with Gasteiger partial charge in [0.05, 0.1) is 0 Å². The molecule has 1 saturated carbocycles. The van der Waals surface area contributed by atoms with Crippen molar-refractivity contribution in [3.63, 3.8) is 0 Å². The molecular formula is C13H17N3O2. The number of carboxylic acid groups (broad SMARTS) is 1. The van der Waals surface area contributed by atoms with E-state index in [-0.39, 0.29) is 5.69 Å². The average molecular weight is 247 g/mol. The van der Waals surface area contributed by atoms with E-state index in [1.54, 1.807) is 6.07 Å². The van der Waals surface area contributed by atoms with Crippen molar-refractivity contribution in [3.05, 3.63) is 17.5 Å². The van der Waals surface area contributed by atoms with Gasteiger partial charge in [-0.05, 0) is 38.2 Å². The maximum atomic E-state index is 11.1. The number of hydrogen-bond acceptors (Lipinski definition) is 4. The number of aromatic nitrogens is 2. The Hall–Kier alpha value is -1.65. The second-order valence-corrected chi connectivity index (χ2v) is 5.11. The highest BCUT2D eigenvalue weighted by Crippen LogP contribution is 2.39. The zero-order chi connectivity index (χ0) is 12.5. The van der Waals surface area contributed by atoms with Crippen LogP contribution >= 0.6 is 0 Å². The van der Waals surface area contributed by atoms with E-state index in [2.05, 4.69) is 14.9 Å². The summed E-state index contributed by atoms with van der Waals surface area (Å²) in [5, 5.41) is 9.13. The van der Waals surface area contributed by atoms with Crippen molar-refractivity contribution in [2.24, 2.45) is 0 Å². The van der Waals surface area contributed by atoms with Crippen LogP contribution in [0.4, 0.5) is 5.95 Å². The topological polar surface area (TPSA) is 66.3 Å². The fraction of sp³-hybridized carbons (Fsp3) is 0.615. The van der Waals surface area contributed by atoms with Crippen LogP contribution in [-0.4, -0.2) is 34.1 Å². The average Bonchev–Trinajstić information content (AvgIpc) is 3.23. The van der Waals surface area contributed by atoms with E-state index in [1.807, 2.05) is 0 Å². The van der Waals surface area contributed by atoms with Crippen molar-refractivity contribution in [3.8, 4) is 0 Å². The molecular weight excluding hydrogens is 230 g/mol. The second-order valence-electron chi connectivity index (χ2n) is 5.11. The van der Waals surface area contributed by atoms with E-state index < -0.39 is 5.97 Å². The fourth-order valence-corrected chi connectivity index (χ4v) is 2.39. The van der Waals surface area contributed by atoms with Crippen LogP contribution in [0.1, 0.15) is 54.2 Å². The summed E-state index contributed by atoms with van der Waals surface area (Å²) < 4.78 is 0. The molecule has 96 valence electrons. The van der Waals surface area contributed by atoms with Crippen LogP contribution in [0.25, 0.3) is 0 Å². The largest absolute Gasteiger partial charge is 0.477 e. The van der Waals surface area contributed by atoms with Crippen LogP contribution in [0.5, 0.6) is 0 Å². The molecule has 1 saturated heterocycles. The normalized spacial score (nSPS) is 19.9. The van der Waals surface area contributed by atoms with Crippen LogP contribution < -0.4 is 4.90 Å². The summed E-state index contributed by atoms with van der Waals surface area (Å²) in [6.45, 7) is 1.88. The van der Waals surface area contributed by atoms with Gasteiger partial charge in [0.1, 0.15) is 0 Å². The molecule has 1 aromatic heterocycles. The Balaban J connectivity index is 1.93. The number of carbonyl (C=O) groups is 1. The Morgan fingerprint density at radius 1 is 1.22 bits per heavy atom. The Labute approximate surface area is 106 Å². The molecule has 2 aliphatic rings. The SMILES string of the molecule is O=C(O)c1cc(C2CC2)nc(N2CCCCC2)n1. The first-order valence-electron chi connectivity index (χ1n) is 6.61. The van der Waals surface area contributed by atoms with Gasteiger partial charge in [-0.2, -0.15) is 0 Å². The molecule has 18 heavy (non-hydrogen) atoms. The Kier molecular flexibility index (Phi) is 2.89.